The number of hydrogen-bond acceptors (Lipinski definition) is 4. The van der Waals surface area contributed by atoms with Gasteiger partial charge in [-0.2, -0.15) is 0 Å². The number of carbonyl (C=O) groups is 2. The van der Waals surface area contributed by atoms with Crippen LogP contribution in [-0.4, -0.2) is 29.4 Å². The minimum Gasteiger partial charge on any atom is -0.481 e. The third kappa shape index (κ3) is 7.40. The molecule has 5 heteroatoms. The van der Waals surface area contributed by atoms with Gasteiger partial charge in [-0.1, -0.05) is 20.3 Å². The van der Waals surface area contributed by atoms with E-state index in [2.05, 4.69) is 0 Å². The summed E-state index contributed by atoms with van der Waals surface area (Å²) in [6.45, 7) is 4.53. The van der Waals surface area contributed by atoms with Gasteiger partial charge in [-0.3, -0.25) is 9.59 Å². The lowest BCUT2D eigenvalue weighted by Crippen LogP contribution is -2.34. The molecule has 0 aliphatic rings. The van der Waals surface area contributed by atoms with Crippen LogP contribution in [0.5, 0.6) is 0 Å². The molecular formula is C13H26N2O3. The zero-order chi connectivity index (χ0) is 14.1. The molecule has 0 aromatic rings. The van der Waals surface area contributed by atoms with Crippen LogP contribution >= 0.6 is 0 Å². The van der Waals surface area contributed by atoms with Crippen LogP contribution in [0.1, 0.15) is 46.0 Å². The third-order valence-electron chi connectivity index (χ3n) is 2.94. The zero-order valence-corrected chi connectivity index (χ0v) is 11.4. The SMILES string of the molecule is CC(C)CC(N)C(=O)CC(CCCCN)C(=O)O. The molecule has 0 amide bonds. The average Bonchev–Trinajstić information content (AvgIpc) is 2.26. The molecule has 0 heterocycles. The highest BCUT2D eigenvalue weighted by atomic mass is 16.4. The van der Waals surface area contributed by atoms with E-state index in [0.717, 1.165) is 12.8 Å². The Bertz CT molecular complexity index is 267. The van der Waals surface area contributed by atoms with Crippen LogP contribution in [0.2, 0.25) is 0 Å². The van der Waals surface area contributed by atoms with E-state index >= 15 is 0 Å². The molecule has 0 rings (SSSR count). The number of nitrogens with two attached hydrogens (primary N) is 2. The highest BCUT2D eigenvalue weighted by Gasteiger charge is 2.24. The quantitative estimate of drug-likeness (QED) is 0.510. The van der Waals surface area contributed by atoms with E-state index in [-0.39, 0.29) is 12.2 Å². The van der Waals surface area contributed by atoms with Crippen LogP contribution in [0.15, 0.2) is 0 Å². The van der Waals surface area contributed by atoms with Crippen molar-refractivity contribution in [2.75, 3.05) is 6.54 Å². The van der Waals surface area contributed by atoms with E-state index in [1.165, 1.54) is 0 Å². The fourth-order valence-corrected chi connectivity index (χ4v) is 1.88. The summed E-state index contributed by atoms with van der Waals surface area (Å²) in [6, 6.07) is -0.540. The number of rotatable bonds is 10. The molecule has 2 unspecified atom stereocenters. The second-order valence-electron chi connectivity index (χ2n) is 5.23. The number of hydrogen-bond donors (Lipinski definition) is 3. The predicted molar refractivity (Wildman–Crippen MR) is 71.1 cm³/mol. The Labute approximate surface area is 109 Å². The summed E-state index contributed by atoms with van der Waals surface area (Å²) in [5, 5.41) is 9.06. The molecule has 2 atom stereocenters. The fourth-order valence-electron chi connectivity index (χ4n) is 1.88. The van der Waals surface area contributed by atoms with Crippen molar-refractivity contribution < 1.29 is 14.7 Å². The molecule has 0 aromatic heterocycles. The first-order valence-electron chi connectivity index (χ1n) is 6.59. The summed E-state index contributed by atoms with van der Waals surface area (Å²) in [6.07, 6.45) is 2.66. The van der Waals surface area contributed by atoms with Crippen molar-refractivity contribution >= 4 is 11.8 Å². The summed E-state index contributed by atoms with van der Waals surface area (Å²) < 4.78 is 0. The highest BCUT2D eigenvalue weighted by molar-refractivity contribution is 5.87. The lowest BCUT2D eigenvalue weighted by Gasteiger charge is -2.16. The second kappa shape index (κ2) is 9.05. The number of carbonyl (C=O) groups excluding carboxylic acids is 1. The van der Waals surface area contributed by atoms with Crippen molar-refractivity contribution in [3.8, 4) is 0 Å². The summed E-state index contributed by atoms with van der Waals surface area (Å²) in [5.74, 6) is -1.35. The minimum atomic E-state index is -0.919. The Morgan fingerprint density at radius 2 is 1.83 bits per heavy atom. The Hall–Kier alpha value is -0.940. The molecular weight excluding hydrogens is 232 g/mol. The standard InChI is InChI=1S/C13H26N2O3/c1-9(2)7-11(15)12(16)8-10(13(17)18)5-3-4-6-14/h9-11H,3-8,14-15H2,1-2H3,(H,17,18). The monoisotopic (exact) mass is 258 g/mol. The smallest absolute Gasteiger partial charge is 0.306 e. The van der Waals surface area contributed by atoms with Gasteiger partial charge in [0.2, 0.25) is 0 Å². The van der Waals surface area contributed by atoms with Gasteiger partial charge in [0.25, 0.3) is 0 Å². The number of Topliss-reactive ketones (excluding diaryl/α,β-unsaturated/α-hetero) is 1. The molecule has 0 aromatic carbocycles. The molecule has 106 valence electrons. The average molecular weight is 258 g/mol. The maximum atomic E-state index is 11.8. The first-order valence-corrected chi connectivity index (χ1v) is 6.59. The molecule has 0 radical (unpaired) electrons. The summed E-state index contributed by atoms with van der Waals surface area (Å²) in [5.41, 5.74) is 11.1. The van der Waals surface area contributed by atoms with E-state index in [1.54, 1.807) is 0 Å². The minimum absolute atomic E-state index is 0.0355. The van der Waals surface area contributed by atoms with Crippen LogP contribution in [0.25, 0.3) is 0 Å². The van der Waals surface area contributed by atoms with Gasteiger partial charge in [-0.15, -0.1) is 0 Å². The highest BCUT2D eigenvalue weighted by Crippen LogP contribution is 2.16. The summed E-state index contributed by atoms with van der Waals surface area (Å²) in [7, 11) is 0. The molecule has 5 nitrogen and oxygen atoms in total. The van der Waals surface area contributed by atoms with Gasteiger partial charge in [0.05, 0.1) is 12.0 Å². The van der Waals surface area contributed by atoms with Gasteiger partial charge in [0.1, 0.15) is 5.78 Å². The zero-order valence-electron chi connectivity index (χ0n) is 11.4. The number of ketones is 1. The predicted octanol–water partition coefficient (Wildman–Crippen LogP) is 1.15. The number of unbranched alkanes of at least 4 members (excludes halogenated alkanes) is 1. The number of aliphatic carboxylic acids is 1. The van der Waals surface area contributed by atoms with Gasteiger partial charge in [-0.25, -0.2) is 0 Å². The normalized spacial score (nSPS) is 14.5. The summed E-state index contributed by atoms with van der Waals surface area (Å²) in [4.78, 5) is 22.9. The molecule has 0 saturated carbocycles. The first kappa shape index (κ1) is 17.1. The van der Waals surface area contributed by atoms with Crippen molar-refractivity contribution in [2.24, 2.45) is 23.3 Å². The van der Waals surface area contributed by atoms with Gasteiger partial charge < -0.3 is 16.6 Å². The topological polar surface area (TPSA) is 106 Å². The summed E-state index contributed by atoms with van der Waals surface area (Å²) >= 11 is 0. The first-order chi connectivity index (χ1) is 8.38. The Morgan fingerprint density at radius 1 is 1.22 bits per heavy atom. The number of carboxylic acid groups (broad SMARTS) is 1. The van der Waals surface area contributed by atoms with Crippen LogP contribution in [0, 0.1) is 11.8 Å². The lowest BCUT2D eigenvalue weighted by molar-refractivity contribution is -0.144. The molecule has 18 heavy (non-hydrogen) atoms. The van der Waals surface area contributed by atoms with Gasteiger partial charge in [0, 0.05) is 6.42 Å². The van der Waals surface area contributed by atoms with E-state index < -0.39 is 17.9 Å². The maximum absolute atomic E-state index is 11.8. The Morgan fingerprint density at radius 3 is 2.28 bits per heavy atom. The largest absolute Gasteiger partial charge is 0.481 e. The van der Waals surface area contributed by atoms with Crippen LogP contribution in [0.3, 0.4) is 0 Å². The third-order valence-corrected chi connectivity index (χ3v) is 2.94. The van der Waals surface area contributed by atoms with E-state index in [9.17, 15) is 9.59 Å². The van der Waals surface area contributed by atoms with Gasteiger partial charge in [0.15, 0.2) is 0 Å². The molecule has 0 bridgehead atoms. The fraction of sp³-hybridized carbons (Fsp3) is 0.846. The molecule has 0 fully saturated rings. The molecule has 0 saturated heterocycles. The number of carboxylic acids is 1. The van der Waals surface area contributed by atoms with Gasteiger partial charge in [-0.05, 0) is 31.7 Å². The molecule has 0 aliphatic carbocycles. The van der Waals surface area contributed by atoms with Crippen molar-refractivity contribution in [1.82, 2.24) is 0 Å². The van der Waals surface area contributed by atoms with Crippen molar-refractivity contribution in [2.45, 2.75) is 52.0 Å². The van der Waals surface area contributed by atoms with Crippen LogP contribution < -0.4 is 11.5 Å². The van der Waals surface area contributed by atoms with E-state index in [1.807, 2.05) is 13.8 Å². The Balaban J connectivity index is 4.22. The van der Waals surface area contributed by atoms with E-state index in [4.69, 9.17) is 16.6 Å². The molecule has 0 aliphatic heterocycles. The van der Waals surface area contributed by atoms with Crippen molar-refractivity contribution in [3.05, 3.63) is 0 Å². The maximum Gasteiger partial charge on any atom is 0.306 e. The molecule has 5 N–H and O–H groups in total. The second-order valence-corrected chi connectivity index (χ2v) is 5.23. The van der Waals surface area contributed by atoms with Crippen molar-refractivity contribution in [1.29, 1.82) is 0 Å². The van der Waals surface area contributed by atoms with Crippen LogP contribution in [0.4, 0.5) is 0 Å². The van der Waals surface area contributed by atoms with Gasteiger partial charge >= 0.3 is 5.97 Å². The van der Waals surface area contributed by atoms with Crippen molar-refractivity contribution in [3.63, 3.8) is 0 Å². The Kier molecular flexibility index (Phi) is 8.58. The lowest BCUT2D eigenvalue weighted by atomic mass is 9.91. The van der Waals surface area contributed by atoms with Crippen LogP contribution in [-0.2, 0) is 9.59 Å². The van der Waals surface area contributed by atoms with E-state index in [0.29, 0.717) is 25.3 Å². The molecule has 0 spiro atoms.